The van der Waals surface area contributed by atoms with Crippen LogP contribution in [-0.2, 0) is 4.79 Å². The van der Waals surface area contributed by atoms with Crippen molar-refractivity contribution in [3.63, 3.8) is 0 Å². The highest BCUT2D eigenvalue weighted by Crippen LogP contribution is 2.42. The minimum atomic E-state index is -0.314. The van der Waals surface area contributed by atoms with E-state index in [0.29, 0.717) is 29.5 Å². The summed E-state index contributed by atoms with van der Waals surface area (Å²) in [5.74, 6) is 0.172. The van der Waals surface area contributed by atoms with Crippen LogP contribution in [-0.4, -0.2) is 68.1 Å². The minimum absolute atomic E-state index is 0.0305. The molecule has 1 aliphatic heterocycles. The number of allylic oxidation sites excluding steroid dienone is 1. The van der Waals surface area contributed by atoms with Gasteiger partial charge in [-0.25, -0.2) is 4.52 Å². The van der Waals surface area contributed by atoms with Gasteiger partial charge in [0.15, 0.2) is 5.69 Å². The van der Waals surface area contributed by atoms with Crippen molar-refractivity contribution in [2.45, 2.75) is 63.5 Å². The summed E-state index contributed by atoms with van der Waals surface area (Å²) in [4.78, 5) is 29.6. The molecule has 7 nitrogen and oxygen atoms in total. The van der Waals surface area contributed by atoms with E-state index in [0.717, 1.165) is 49.8 Å². The Bertz CT molecular complexity index is 1100. The second-order valence-electron chi connectivity index (χ2n) is 9.46. The summed E-state index contributed by atoms with van der Waals surface area (Å²) in [6.45, 7) is 6.98. The van der Waals surface area contributed by atoms with E-state index in [4.69, 9.17) is 11.6 Å². The number of carbonyl (C=O) groups excluding carboxylic acids is 2. The van der Waals surface area contributed by atoms with Crippen molar-refractivity contribution in [1.29, 1.82) is 0 Å². The number of aliphatic hydroxyl groups is 1. The standard InChI is InChI=1S/C24H29ClN4O3/c1-14(2)19-11-16(15-3-4-15)12-20-22(25)23(26-29(19)20)24(32)27-9-10-28(21(31)13-27)17-5-7-18(30)8-6-17/h11-12,15,17-18,30H,1,3-10,13H2,2H3. The van der Waals surface area contributed by atoms with Crippen molar-refractivity contribution in [2.24, 2.45) is 0 Å². The first kappa shape index (κ1) is 21.5. The lowest BCUT2D eigenvalue weighted by molar-refractivity contribution is -0.138. The first-order valence-electron chi connectivity index (χ1n) is 11.5. The molecule has 2 amide bonds. The molecule has 1 N–H and O–H groups in total. The predicted molar refractivity (Wildman–Crippen MR) is 123 cm³/mol. The number of amides is 2. The summed E-state index contributed by atoms with van der Waals surface area (Å²) < 4.78 is 1.70. The maximum absolute atomic E-state index is 13.3. The van der Waals surface area contributed by atoms with Crippen LogP contribution < -0.4 is 0 Å². The maximum Gasteiger partial charge on any atom is 0.276 e. The molecule has 3 fully saturated rings. The van der Waals surface area contributed by atoms with Crippen molar-refractivity contribution < 1.29 is 14.7 Å². The zero-order chi connectivity index (χ0) is 22.6. The summed E-state index contributed by atoms with van der Waals surface area (Å²) in [5, 5.41) is 14.6. The van der Waals surface area contributed by atoms with Gasteiger partial charge in [-0.2, -0.15) is 5.10 Å². The molecule has 2 aromatic heterocycles. The summed E-state index contributed by atoms with van der Waals surface area (Å²) in [5.41, 5.74) is 3.81. The van der Waals surface area contributed by atoms with E-state index in [9.17, 15) is 14.7 Å². The first-order valence-corrected chi connectivity index (χ1v) is 11.9. The second-order valence-corrected chi connectivity index (χ2v) is 9.84. The molecule has 8 heteroatoms. The molecule has 3 aliphatic rings. The third-order valence-corrected chi connectivity index (χ3v) is 7.41. The van der Waals surface area contributed by atoms with Gasteiger partial charge >= 0.3 is 0 Å². The Hall–Kier alpha value is -2.38. The summed E-state index contributed by atoms with van der Waals surface area (Å²) in [6.07, 6.45) is 5.14. The Morgan fingerprint density at radius 3 is 2.50 bits per heavy atom. The summed E-state index contributed by atoms with van der Waals surface area (Å²) in [6, 6.07) is 4.27. The smallest absolute Gasteiger partial charge is 0.276 e. The zero-order valence-electron chi connectivity index (χ0n) is 18.4. The minimum Gasteiger partial charge on any atom is -0.393 e. The van der Waals surface area contributed by atoms with Crippen LogP contribution in [0.2, 0.25) is 5.02 Å². The molecule has 0 aromatic carbocycles. The zero-order valence-corrected chi connectivity index (χ0v) is 19.1. The number of hydrogen-bond acceptors (Lipinski definition) is 4. The highest BCUT2D eigenvalue weighted by molar-refractivity contribution is 6.36. The monoisotopic (exact) mass is 456 g/mol. The van der Waals surface area contributed by atoms with Gasteiger partial charge in [-0.1, -0.05) is 18.2 Å². The fraction of sp³-hybridized carbons (Fsp3) is 0.542. The lowest BCUT2D eigenvalue weighted by Gasteiger charge is -2.41. The lowest BCUT2D eigenvalue weighted by atomic mass is 9.91. The average molecular weight is 457 g/mol. The molecule has 2 aromatic rings. The summed E-state index contributed by atoms with van der Waals surface area (Å²) >= 11 is 6.67. The predicted octanol–water partition coefficient (Wildman–Crippen LogP) is 3.49. The number of piperazine rings is 1. The molecule has 2 saturated carbocycles. The molecule has 0 bridgehead atoms. The van der Waals surface area contributed by atoms with Gasteiger partial charge in [0.05, 0.1) is 22.3 Å². The van der Waals surface area contributed by atoms with Crippen molar-refractivity contribution in [3.05, 3.63) is 40.7 Å². The Kier molecular flexibility index (Phi) is 5.50. The number of aromatic nitrogens is 2. The van der Waals surface area contributed by atoms with Gasteiger partial charge in [0.25, 0.3) is 5.91 Å². The van der Waals surface area contributed by atoms with Crippen molar-refractivity contribution in [1.82, 2.24) is 19.4 Å². The van der Waals surface area contributed by atoms with E-state index in [1.54, 1.807) is 9.42 Å². The number of pyridine rings is 1. The number of halogens is 1. The number of aliphatic hydroxyl groups excluding tert-OH is 1. The molecular weight excluding hydrogens is 428 g/mol. The van der Waals surface area contributed by atoms with Crippen LogP contribution >= 0.6 is 11.6 Å². The van der Waals surface area contributed by atoms with Crippen LogP contribution in [0.15, 0.2) is 18.7 Å². The van der Waals surface area contributed by atoms with Crippen LogP contribution in [0.4, 0.5) is 0 Å². The molecule has 2 aliphatic carbocycles. The third kappa shape index (κ3) is 3.82. The molecule has 0 spiro atoms. The Balaban J connectivity index is 1.38. The topological polar surface area (TPSA) is 78.2 Å². The fourth-order valence-corrected chi connectivity index (χ4v) is 5.25. The number of nitrogens with zero attached hydrogens (tertiary/aromatic N) is 4. The maximum atomic E-state index is 13.3. The van der Waals surface area contributed by atoms with Crippen LogP contribution in [0, 0.1) is 0 Å². The molecule has 1 saturated heterocycles. The number of hydrogen-bond donors (Lipinski definition) is 1. The quantitative estimate of drug-likeness (QED) is 0.763. The van der Waals surface area contributed by atoms with E-state index in [1.807, 2.05) is 17.9 Å². The van der Waals surface area contributed by atoms with Gasteiger partial charge in [-0.3, -0.25) is 9.59 Å². The van der Waals surface area contributed by atoms with E-state index in [1.165, 1.54) is 5.56 Å². The molecule has 3 heterocycles. The van der Waals surface area contributed by atoms with Gasteiger partial charge in [0.2, 0.25) is 5.91 Å². The largest absolute Gasteiger partial charge is 0.393 e. The highest BCUT2D eigenvalue weighted by atomic mass is 35.5. The Labute approximate surface area is 192 Å². The summed E-state index contributed by atoms with van der Waals surface area (Å²) in [7, 11) is 0. The van der Waals surface area contributed by atoms with Gasteiger partial charge in [-0.05, 0) is 74.6 Å². The number of rotatable bonds is 4. The Morgan fingerprint density at radius 2 is 1.88 bits per heavy atom. The van der Waals surface area contributed by atoms with Crippen molar-refractivity contribution >= 4 is 34.5 Å². The van der Waals surface area contributed by atoms with E-state index < -0.39 is 0 Å². The van der Waals surface area contributed by atoms with Gasteiger partial charge in [0, 0.05) is 19.1 Å². The molecule has 32 heavy (non-hydrogen) atoms. The SMILES string of the molecule is C=C(C)c1cc(C2CC2)cc2c(Cl)c(C(=O)N3CCN(C4CCC(O)CC4)C(=O)C3)nn12. The molecule has 0 unspecified atom stereocenters. The van der Waals surface area contributed by atoms with E-state index in [2.05, 4.69) is 17.7 Å². The van der Waals surface area contributed by atoms with Crippen molar-refractivity contribution in [2.75, 3.05) is 19.6 Å². The van der Waals surface area contributed by atoms with Gasteiger partial charge in [-0.15, -0.1) is 0 Å². The van der Waals surface area contributed by atoms with E-state index >= 15 is 0 Å². The normalized spacial score (nSPS) is 24.3. The average Bonchev–Trinajstić information content (AvgIpc) is 3.57. The Morgan fingerprint density at radius 1 is 1.16 bits per heavy atom. The third-order valence-electron chi connectivity index (χ3n) is 7.04. The molecule has 170 valence electrons. The first-order chi connectivity index (χ1) is 15.3. The van der Waals surface area contributed by atoms with E-state index in [-0.39, 0.29) is 36.2 Å². The molecular formula is C24H29ClN4O3. The van der Waals surface area contributed by atoms with Crippen molar-refractivity contribution in [3.8, 4) is 0 Å². The fourth-order valence-electron chi connectivity index (χ4n) is 5.00. The highest BCUT2D eigenvalue weighted by Gasteiger charge is 2.35. The van der Waals surface area contributed by atoms with Crippen LogP contribution in [0.25, 0.3) is 11.1 Å². The van der Waals surface area contributed by atoms with Crippen LogP contribution in [0.1, 0.15) is 73.1 Å². The number of carbonyl (C=O) groups is 2. The van der Waals surface area contributed by atoms with Crippen LogP contribution in [0.3, 0.4) is 0 Å². The second kappa shape index (κ2) is 8.19. The molecule has 0 atom stereocenters. The van der Waals surface area contributed by atoms with Gasteiger partial charge < -0.3 is 14.9 Å². The lowest BCUT2D eigenvalue weighted by Crippen LogP contribution is -2.56. The molecule has 5 rings (SSSR count). The number of fused-ring (bicyclic) bond motifs is 1. The van der Waals surface area contributed by atoms with Gasteiger partial charge in [0.1, 0.15) is 6.54 Å². The molecule has 0 radical (unpaired) electrons. The van der Waals surface area contributed by atoms with Crippen LogP contribution in [0.5, 0.6) is 0 Å².